The number of carbonyl (C=O) groups excluding carboxylic acids is 1. The molecule has 0 spiro atoms. The number of halogens is 1. The number of piperidine rings is 1. The molecule has 0 bridgehead atoms. The Kier molecular flexibility index (Phi) is 7.53. The van der Waals surface area contributed by atoms with E-state index in [0.717, 1.165) is 51.0 Å². The van der Waals surface area contributed by atoms with Crippen LogP contribution in [0.1, 0.15) is 43.8 Å². The third kappa shape index (κ3) is 4.95. The molecular formula is C19H29ClN2O2. The monoisotopic (exact) mass is 352 g/mol. The Balaban J connectivity index is 0.00000208. The van der Waals surface area contributed by atoms with Crippen LogP contribution in [0.2, 0.25) is 0 Å². The van der Waals surface area contributed by atoms with Gasteiger partial charge in [-0.25, -0.2) is 0 Å². The highest BCUT2D eigenvalue weighted by Gasteiger charge is 2.28. The molecule has 5 heteroatoms. The van der Waals surface area contributed by atoms with Crippen molar-refractivity contribution in [3.63, 3.8) is 0 Å². The molecule has 1 aromatic carbocycles. The molecule has 2 aliphatic rings. The van der Waals surface area contributed by atoms with E-state index >= 15 is 0 Å². The highest BCUT2D eigenvalue weighted by molar-refractivity contribution is 5.85. The summed E-state index contributed by atoms with van der Waals surface area (Å²) in [7, 11) is 0. The van der Waals surface area contributed by atoms with Crippen LogP contribution in [0.25, 0.3) is 0 Å². The molecule has 2 atom stereocenters. The smallest absolute Gasteiger partial charge is 0.222 e. The largest absolute Gasteiger partial charge is 0.388 e. The summed E-state index contributed by atoms with van der Waals surface area (Å²) in [6, 6.07) is 9.87. The Labute approximate surface area is 151 Å². The SMILES string of the molecule is Cl.O=C(CCC1CCNC1)N1CCC(C(O)c2ccccc2)CC1. The Bertz CT molecular complexity index is 497. The molecule has 2 unspecified atom stereocenters. The van der Waals surface area contributed by atoms with Gasteiger partial charge < -0.3 is 15.3 Å². The number of likely N-dealkylation sites (tertiary alicyclic amines) is 1. The molecule has 3 rings (SSSR count). The van der Waals surface area contributed by atoms with Crippen molar-refractivity contribution in [3.05, 3.63) is 35.9 Å². The van der Waals surface area contributed by atoms with E-state index in [4.69, 9.17) is 0 Å². The predicted octanol–water partition coefficient (Wildman–Crippen LogP) is 2.77. The van der Waals surface area contributed by atoms with Gasteiger partial charge >= 0.3 is 0 Å². The van der Waals surface area contributed by atoms with Gasteiger partial charge in [0.05, 0.1) is 6.10 Å². The molecule has 1 aromatic rings. The second-order valence-electron chi connectivity index (χ2n) is 6.97. The third-order valence-electron chi connectivity index (χ3n) is 5.41. The highest BCUT2D eigenvalue weighted by atomic mass is 35.5. The first kappa shape index (κ1) is 19.2. The summed E-state index contributed by atoms with van der Waals surface area (Å²) in [6.07, 6.45) is 4.28. The van der Waals surface area contributed by atoms with Gasteiger partial charge in [-0.15, -0.1) is 12.4 Å². The van der Waals surface area contributed by atoms with Crippen LogP contribution in [-0.2, 0) is 4.79 Å². The van der Waals surface area contributed by atoms with Gasteiger partial charge in [0.2, 0.25) is 5.91 Å². The third-order valence-corrected chi connectivity index (χ3v) is 5.41. The Morgan fingerprint density at radius 2 is 1.92 bits per heavy atom. The average molecular weight is 353 g/mol. The average Bonchev–Trinajstić information content (AvgIpc) is 3.13. The molecule has 2 heterocycles. The van der Waals surface area contributed by atoms with Crippen LogP contribution in [0.15, 0.2) is 30.3 Å². The topological polar surface area (TPSA) is 52.6 Å². The fourth-order valence-corrected chi connectivity index (χ4v) is 3.83. The van der Waals surface area contributed by atoms with E-state index in [1.54, 1.807) is 0 Å². The maximum absolute atomic E-state index is 12.3. The summed E-state index contributed by atoms with van der Waals surface area (Å²) in [5.74, 6) is 1.24. The normalized spacial score (nSPS) is 22.9. The lowest BCUT2D eigenvalue weighted by molar-refractivity contribution is -0.133. The van der Waals surface area contributed by atoms with Gasteiger partial charge in [-0.1, -0.05) is 30.3 Å². The number of nitrogens with one attached hydrogen (secondary N) is 1. The number of carbonyl (C=O) groups is 1. The number of hydrogen-bond acceptors (Lipinski definition) is 3. The molecule has 0 saturated carbocycles. The van der Waals surface area contributed by atoms with E-state index in [0.29, 0.717) is 18.2 Å². The predicted molar refractivity (Wildman–Crippen MR) is 98.2 cm³/mol. The van der Waals surface area contributed by atoms with Gasteiger partial charge in [-0.05, 0) is 56.2 Å². The van der Waals surface area contributed by atoms with Crippen molar-refractivity contribution in [1.82, 2.24) is 10.2 Å². The van der Waals surface area contributed by atoms with Crippen molar-refractivity contribution in [3.8, 4) is 0 Å². The number of aliphatic hydroxyl groups excluding tert-OH is 1. The molecular weight excluding hydrogens is 324 g/mol. The second-order valence-corrected chi connectivity index (χ2v) is 6.97. The van der Waals surface area contributed by atoms with Crippen molar-refractivity contribution in [2.45, 2.75) is 38.2 Å². The Hall–Kier alpha value is -1.10. The molecule has 2 fully saturated rings. The molecule has 0 aliphatic carbocycles. The number of nitrogens with zero attached hydrogens (tertiary/aromatic N) is 1. The fourth-order valence-electron chi connectivity index (χ4n) is 3.83. The fraction of sp³-hybridized carbons (Fsp3) is 0.632. The van der Waals surface area contributed by atoms with Crippen LogP contribution in [0, 0.1) is 11.8 Å². The number of benzene rings is 1. The van der Waals surface area contributed by atoms with Crippen LogP contribution in [0.4, 0.5) is 0 Å². The lowest BCUT2D eigenvalue weighted by Crippen LogP contribution is -2.39. The quantitative estimate of drug-likeness (QED) is 0.856. The van der Waals surface area contributed by atoms with Gasteiger partial charge in [0.25, 0.3) is 0 Å². The summed E-state index contributed by atoms with van der Waals surface area (Å²) in [4.78, 5) is 14.3. The van der Waals surface area contributed by atoms with Gasteiger partial charge in [0, 0.05) is 19.5 Å². The molecule has 0 radical (unpaired) electrons. The number of hydrogen-bond donors (Lipinski definition) is 2. The van der Waals surface area contributed by atoms with Crippen molar-refractivity contribution in [2.24, 2.45) is 11.8 Å². The molecule has 0 aromatic heterocycles. The highest BCUT2D eigenvalue weighted by Crippen LogP contribution is 2.31. The molecule has 2 aliphatic heterocycles. The van der Waals surface area contributed by atoms with Crippen LogP contribution in [-0.4, -0.2) is 42.1 Å². The molecule has 1 amide bonds. The van der Waals surface area contributed by atoms with Gasteiger partial charge in [0.15, 0.2) is 0 Å². The number of aliphatic hydroxyl groups is 1. The van der Waals surface area contributed by atoms with Gasteiger partial charge in [0.1, 0.15) is 0 Å². The summed E-state index contributed by atoms with van der Waals surface area (Å²) in [5, 5.41) is 13.9. The summed E-state index contributed by atoms with van der Waals surface area (Å²) >= 11 is 0. The first-order valence-electron chi connectivity index (χ1n) is 8.95. The van der Waals surface area contributed by atoms with Gasteiger partial charge in [-0.3, -0.25) is 4.79 Å². The minimum Gasteiger partial charge on any atom is -0.388 e. The van der Waals surface area contributed by atoms with E-state index in [2.05, 4.69) is 5.32 Å². The minimum atomic E-state index is -0.405. The van der Waals surface area contributed by atoms with E-state index in [1.165, 1.54) is 6.42 Å². The van der Waals surface area contributed by atoms with Crippen LogP contribution in [0.3, 0.4) is 0 Å². The zero-order chi connectivity index (χ0) is 16.1. The molecule has 4 nitrogen and oxygen atoms in total. The van der Waals surface area contributed by atoms with Gasteiger partial charge in [-0.2, -0.15) is 0 Å². The van der Waals surface area contributed by atoms with E-state index in [9.17, 15) is 9.90 Å². The molecule has 2 saturated heterocycles. The lowest BCUT2D eigenvalue weighted by Gasteiger charge is -2.34. The van der Waals surface area contributed by atoms with E-state index < -0.39 is 6.10 Å². The maximum atomic E-state index is 12.3. The Morgan fingerprint density at radius 1 is 1.21 bits per heavy atom. The lowest BCUT2D eigenvalue weighted by atomic mass is 9.87. The van der Waals surface area contributed by atoms with Crippen molar-refractivity contribution < 1.29 is 9.90 Å². The van der Waals surface area contributed by atoms with Crippen molar-refractivity contribution in [1.29, 1.82) is 0 Å². The second kappa shape index (κ2) is 9.40. The Morgan fingerprint density at radius 3 is 2.54 bits per heavy atom. The maximum Gasteiger partial charge on any atom is 0.222 e. The molecule has 24 heavy (non-hydrogen) atoms. The summed E-state index contributed by atoms with van der Waals surface area (Å²) < 4.78 is 0. The standard InChI is InChI=1S/C19H28N2O2.ClH/c22-18(7-6-15-8-11-20-14-15)21-12-9-17(10-13-21)19(23)16-4-2-1-3-5-16;/h1-5,15,17,19-20,23H,6-14H2;1H. The van der Waals surface area contributed by atoms with Crippen LogP contribution in [0.5, 0.6) is 0 Å². The summed E-state index contributed by atoms with van der Waals surface area (Å²) in [5.41, 5.74) is 0.992. The van der Waals surface area contributed by atoms with Crippen LogP contribution < -0.4 is 5.32 Å². The van der Waals surface area contributed by atoms with Crippen molar-refractivity contribution >= 4 is 18.3 Å². The van der Waals surface area contributed by atoms with Crippen molar-refractivity contribution in [2.75, 3.05) is 26.2 Å². The minimum absolute atomic E-state index is 0. The van der Waals surface area contributed by atoms with Crippen LogP contribution >= 0.6 is 12.4 Å². The first-order valence-corrected chi connectivity index (χ1v) is 8.95. The van der Waals surface area contributed by atoms with E-state index in [-0.39, 0.29) is 18.3 Å². The molecule has 2 N–H and O–H groups in total. The number of amides is 1. The molecule has 134 valence electrons. The number of rotatable bonds is 5. The summed E-state index contributed by atoms with van der Waals surface area (Å²) in [6.45, 7) is 3.74. The van der Waals surface area contributed by atoms with E-state index in [1.807, 2.05) is 35.2 Å². The zero-order valence-corrected chi connectivity index (χ0v) is 15.0. The zero-order valence-electron chi connectivity index (χ0n) is 14.2. The first-order chi connectivity index (χ1) is 11.2.